The van der Waals surface area contributed by atoms with E-state index >= 15 is 0 Å². The van der Waals surface area contributed by atoms with Gasteiger partial charge in [0.05, 0.1) is 11.4 Å². The first-order valence-electron chi connectivity index (χ1n) is 7.72. The van der Waals surface area contributed by atoms with E-state index in [0.717, 1.165) is 34.5 Å². The molecule has 4 aromatic rings. The molecule has 0 unspecified atom stereocenters. The Morgan fingerprint density at radius 2 is 2.12 bits per heavy atom. The molecule has 4 heterocycles. The molecule has 0 atom stereocenters. The molecule has 0 radical (unpaired) electrons. The van der Waals surface area contributed by atoms with Gasteiger partial charge in [0.25, 0.3) is 0 Å². The zero-order valence-corrected chi connectivity index (χ0v) is 14.2. The molecular weight excluding hydrogens is 320 g/mol. The summed E-state index contributed by atoms with van der Waals surface area (Å²) >= 11 is 1.55. The lowest BCUT2D eigenvalue weighted by molar-refractivity contribution is 1.10. The average Bonchev–Trinajstić information content (AvgIpc) is 3.18. The molecular formula is C17H16N6S. The number of anilines is 2. The maximum Gasteiger partial charge on any atom is 0.234 e. The van der Waals surface area contributed by atoms with E-state index < -0.39 is 0 Å². The number of imidazole rings is 1. The van der Waals surface area contributed by atoms with E-state index in [1.165, 1.54) is 5.56 Å². The Morgan fingerprint density at radius 3 is 2.92 bits per heavy atom. The van der Waals surface area contributed by atoms with Crippen LogP contribution in [-0.4, -0.2) is 24.3 Å². The molecule has 24 heavy (non-hydrogen) atoms. The first-order chi connectivity index (χ1) is 11.7. The lowest BCUT2D eigenvalue weighted by Gasteiger charge is -2.02. The molecule has 120 valence electrons. The molecule has 0 amide bonds. The molecule has 0 spiro atoms. The van der Waals surface area contributed by atoms with Crippen molar-refractivity contribution >= 4 is 28.1 Å². The van der Waals surface area contributed by atoms with Gasteiger partial charge in [0.15, 0.2) is 5.13 Å². The van der Waals surface area contributed by atoms with Crippen LogP contribution in [-0.2, 0) is 6.42 Å². The van der Waals surface area contributed by atoms with E-state index in [1.54, 1.807) is 17.5 Å². The standard InChI is InChI=1S/C17H16N6S/c1-3-12-5-6-14(19-9-12)22-17-21-13(10-24-17)15-11(2)20-16-18-7-4-8-23(15)16/h4-10H,3H2,1-2H3,(H,19,21,22). The Labute approximate surface area is 143 Å². The van der Waals surface area contributed by atoms with E-state index in [4.69, 9.17) is 0 Å². The Kier molecular flexibility index (Phi) is 3.70. The van der Waals surface area contributed by atoms with Gasteiger partial charge in [0.1, 0.15) is 11.5 Å². The monoisotopic (exact) mass is 336 g/mol. The minimum absolute atomic E-state index is 0.685. The molecule has 0 aliphatic heterocycles. The van der Waals surface area contributed by atoms with E-state index in [0.29, 0.717) is 5.78 Å². The van der Waals surface area contributed by atoms with Crippen molar-refractivity contribution in [2.24, 2.45) is 0 Å². The summed E-state index contributed by atoms with van der Waals surface area (Å²) < 4.78 is 1.96. The predicted molar refractivity (Wildman–Crippen MR) is 95.7 cm³/mol. The SMILES string of the molecule is CCc1ccc(Nc2nc(-c3c(C)nc4ncccn34)cs2)nc1. The summed E-state index contributed by atoms with van der Waals surface area (Å²) in [4.78, 5) is 17.9. The summed E-state index contributed by atoms with van der Waals surface area (Å²) in [6, 6.07) is 5.94. The van der Waals surface area contributed by atoms with Crippen molar-refractivity contribution in [3.8, 4) is 11.4 Å². The van der Waals surface area contributed by atoms with Gasteiger partial charge in [-0.05, 0) is 31.0 Å². The lowest BCUT2D eigenvalue weighted by Crippen LogP contribution is -1.94. The molecule has 0 saturated carbocycles. The van der Waals surface area contributed by atoms with Crippen molar-refractivity contribution in [1.29, 1.82) is 0 Å². The van der Waals surface area contributed by atoms with Crippen LogP contribution in [0.4, 0.5) is 10.9 Å². The highest BCUT2D eigenvalue weighted by molar-refractivity contribution is 7.14. The molecule has 4 rings (SSSR count). The fourth-order valence-electron chi connectivity index (χ4n) is 2.56. The summed E-state index contributed by atoms with van der Waals surface area (Å²) in [5.41, 5.74) is 3.98. The van der Waals surface area contributed by atoms with Gasteiger partial charge < -0.3 is 5.32 Å². The van der Waals surface area contributed by atoms with Crippen LogP contribution in [0.5, 0.6) is 0 Å². The second-order valence-electron chi connectivity index (χ2n) is 5.40. The van der Waals surface area contributed by atoms with Crippen LogP contribution in [0.2, 0.25) is 0 Å². The molecule has 7 heteroatoms. The first-order valence-corrected chi connectivity index (χ1v) is 8.60. The number of aryl methyl sites for hydroxylation is 2. The van der Waals surface area contributed by atoms with Crippen LogP contribution in [0, 0.1) is 6.92 Å². The highest BCUT2D eigenvalue weighted by atomic mass is 32.1. The summed E-state index contributed by atoms with van der Waals surface area (Å²) in [6.07, 6.45) is 6.56. The summed E-state index contributed by atoms with van der Waals surface area (Å²) in [5.74, 6) is 1.48. The van der Waals surface area contributed by atoms with Crippen molar-refractivity contribution in [2.75, 3.05) is 5.32 Å². The molecule has 0 aromatic carbocycles. The third-order valence-corrected chi connectivity index (χ3v) is 4.55. The van der Waals surface area contributed by atoms with Crippen molar-refractivity contribution in [3.05, 3.63) is 53.4 Å². The highest BCUT2D eigenvalue weighted by Gasteiger charge is 2.14. The summed E-state index contributed by atoms with van der Waals surface area (Å²) in [7, 11) is 0. The van der Waals surface area contributed by atoms with Gasteiger partial charge in [-0.15, -0.1) is 11.3 Å². The Balaban J connectivity index is 1.65. The molecule has 0 saturated heterocycles. The Hall–Kier alpha value is -2.80. The van der Waals surface area contributed by atoms with Gasteiger partial charge in [-0.2, -0.15) is 0 Å². The fraction of sp³-hybridized carbons (Fsp3) is 0.176. The third-order valence-electron chi connectivity index (χ3n) is 3.79. The molecule has 0 fully saturated rings. The highest BCUT2D eigenvalue weighted by Crippen LogP contribution is 2.29. The number of fused-ring (bicyclic) bond motifs is 1. The van der Waals surface area contributed by atoms with Crippen LogP contribution < -0.4 is 5.32 Å². The third kappa shape index (κ3) is 2.63. The van der Waals surface area contributed by atoms with Crippen LogP contribution >= 0.6 is 11.3 Å². The Morgan fingerprint density at radius 1 is 1.21 bits per heavy atom. The second-order valence-corrected chi connectivity index (χ2v) is 6.26. The smallest absolute Gasteiger partial charge is 0.234 e. The van der Waals surface area contributed by atoms with E-state index in [-0.39, 0.29) is 0 Å². The number of thiazole rings is 1. The van der Waals surface area contributed by atoms with Crippen molar-refractivity contribution in [1.82, 2.24) is 24.3 Å². The van der Waals surface area contributed by atoms with Crippen LogP contribution in [0.15, 0.2) is 42.2 Å². The molecule has 1 N–H and O–H groups in total. The number of nitrogens with one attached hydrogen (secondary N) is 1. The van der Waals surface area contributed by atoms with Gasteiger partial charge in [-0.25, -0.2) is 19.9 Å². The average molecular weight is 336 g/mol. The largest absolute Gasteiger partial charge is 0.316 e. The number of pyridine rings is 1. The van der Waals surface area contributed by atoms with Gasteiger partial charge in [-0.1, -0.05) is 13.0 Å². The maximum absolute atomic E-state index is 4.68. The van der Waals surface area contributed by atoms with E-state index in [9.17, 15) is 0 Å². The molecule has 4 aromatic heterocycles. The number of hydrogen-bond acceptors (Lipinski definition) is 6. The normalized spacial score (nSPS) is 11.1. The van der Waals surface area contributed by atoms with Gasteiger partial charge >= 0.3 is 0 Å². The Bertz CT molecular complexity index is 986. The number of hydrogen-bond donors (Lipinski definition) is 1. The second kappa shape index (κ2) is 6.01. The predicted octanol–water partition coefficient (Wildman–Crippen LogP) is 3.86. The topological polar surface area (TPSA) is 68.0 Å². The number of aromatic nitrogens is 5. The summed E-state index contributed by atoms with van der Waals surface area (Å²) in [6.45, 7) is 4.09. The first kappa shape index (κ1) is 14.8. The number of nitrogens with zero attached hydrogens (tertiary/aromatic N) is 5. The van der Waals surface area contributed by atoms with Crippen LogP contribution in [0.3, 0.4) is 0 Å². The van der Waals surface area contributed by atoms with Crippen LogP contribution in [0.25, 0.3) is 17.2 Å². The van der Waals surface area contributed by atoms with Crippen molar-refractivity contribution < 1.29 is 0 Å². The van der Waals surface area contributed by atoms with Gasteiger partial charge in [0, 0.05) is 24.0 Å². The molecule has 6 nitrogen and oxygen atoms in total. The quantitative estimate of drug-likeness (QED) is 0.613. The minimum Gasteiger partial charge on any atom is -0.316 e. The molecule has 0 aliphatic carbocycles. The molecule has 0 bridgehead atoms. The zero-order chi connectivity index (χ0) is 16.5. The van der Waals surface area contributed by atoms with Crippen LogP contribution in [0.1, 0.15) is 18.2 Å². The summed E-state index contributed by atoms with van der Waals surface area (Å²) in [5, 5.41) is 6.08. The van der Waals surface area contributed by atoms with Gasteiger partial charge in [-0.3, -0.25) is 4.40 Å². The van der Waals surface area contributed by atoms with Crippen molar-refractivity contribution in [2.45, 2.75) is 20.3 Å². The molecule has 0 aliphatic rings. The maximum atomic E-state index is 4.68. The fourth-order valence-corrected chi connectivity index (χ4v) is 3.27. The zero-order valence-electron chi connectivity index (χ0n) is 13.4. The lowest BCUT2D eigenvalue weighted by atomic mass is 10.2. The minimum atomic E-state index is 0.685. The van der Waals surface area contributed by atoms with Gasteiger partial charge in [0.2, 0.25) is 5.78 Å². The van der Waals surface area contributed by atoms with Crippen molar-refractivity contribution in [3.63, 3.8) is 0 Å². The van der Waals surface area contributed by atoms with E-state index in [1.807, 2.05) is 41.2 Å². The number of rotatable bonds is 4. The van der Waals surface area contributed by atoms with E-state index in [2.05, 4.69) is 38.2 Å².